The highest BCUT2D eigenvalue weighted by Gasteiger charge is 2.30. The molecule has 0 aromatic heterocycles. The molecular formula is C11H12O5. The van der Waals surface area contributed by atoms with Gasteiger partial charge in [-0.1, -0.05) is 0 Å². The van der Waals surface area contributed by atoms with E-state index in [2.05, 4.69) is 0 Å². The SMILES string of the molecule is COc1cc(OC)c2c(c1CO)COC2=O. The van der Waals surface area contributed by atoms with Crippen molar-refractivity contribution < 1.29 is 24.1 Å². The van der Waals surface area contributed by atoms with Gasteiger partial charge >= 0.3 is 5.97 Å². The van der Waals surface area contributed by atoms with Crippen LogP contribution in [-0.2, 0) is 18.0 Å². The van der Waals surface area contributed by atoms with Gasteiger partial charge in [-0.25, -0.2) is 4.79 Å². The lowest BCUT2D eigenvalue weighted by Gasteiger charge is -2.12. The van der Waals surface area contributed by atoms with E-state index < -0.39 is 5.97 Å². The molecule has 0 spiro atoms. The zero-order valence-corrected chi connectivity index (χ0v) is 9.07. The van der Waals surface area contributed by atoms with Crippen LogP contribution in [0.5, 0.6) is 11.5 Å². The maximum atomic E-state index is 11.5. The van der Waals surface area contributed by atoms with Crippen molar-refractivity contribution in [3.63, 3.8) is 0 Å². The van der Waals surface area contributed by atoms with Crippen LogP contribution in [0.2, 0.25) is 0 Å². The predicted molar refractivity (Wildman–Crippen MR) is 54.6 cm³/mol. The van der Waals surface area contributed by atoms with Gasteiger partial charge in [-0.15, -0.1) is 0 Å². The molecule has 0 bridgehead atoms. The topological polar surface area (TPSA) is 65.0 Å². The molecule has 0 amide bonds. The highest BCUT2D eigenvalue weighted by Crippen LogP contribution is 2.37. The number of rotatable bonds is 3. The van der Waals surface area contributed by atoms with E-state index in [0.29, 0.717) is 28.2 Å². The van der Waals surface area contributed by atoms with Crippen molar-refractivity contribution in [2.24, 2.45) is 0 Å². The molecule has 1 aliphatic heterocycles. The van der Waals surface area contributed by atoms with Gasteiger partial charge in [0.25, 0.3) is 0 Å². The Bertz CT molecular complexity index is 438. The van der Waals surface area contributed by atoms with Crippen LogP contribution in [-0.4, -0.2) is 25.3 Å². The van der Waals surface area contributed by atoms with E-state index in [1.807, 2.05) is 0 Å². The van der Waals surface area contributed by atoms with Crippen molar-refractivity contribution in [3.05, 3.63) is 22.8 Å². The third-order valence-electron chi connectivity index (χ3n) is 2.62. The Hall–Kier alpha value is -1.75. The summed E-state index contributed by atoms with van der Waals surface area (Å²) in [7, 11) is 2.97. The summed E-state index contributed by atoms with van der Waals surface area (Å²) in [6.45, 7) is -0.0518. The van der Waals surface area contributed by atoms with Gasteiger partial charge in [0.2, 0.25) is 0 Å². The van der Waals surface area contributed by atoms with Gasteiger partial charge in [0, 0.05) is 17.2 Å². The van der Waals surface area contributed by atoms with Crippen molar-refractivity contribution in [2.45, 2.75) is 13.2 Å². The van der Waals surface area contributed by atoms with Crippen LogP contribution in [0.15, 0.2) is 6.07 Å². The maximum Gasteiger partial charge on any atom is 0.342 e. The maximum absolute atomic E-state index is 11.5. The first-order valence-electron chi connectivity index (χ1n) is 4.77. The summed E-state index contributed by atoms with van der Waals surface area (Å²) in [5, 5.41) is 9.28. The minimum Gasteiger partial charge on any atom is -0.496 e. The second-order valence-corrected chi connectivity index (χ2v) is 3.35. The average molecular weight is 224 g/mol. The summed E-state index contributed by atoms with van der Waals surface area (Å²) < 4.78 is 15.2. The number of carbonyl (C=O) groups is 1. The van der Waals surface area contributed by atoms with Crippen LogP contribution in [0.25, 0.3) is 0 Å². The number of fused-ring (bicyclic) bond motifs is 1. The van der Waals surface area contributed by atoms with Crippen LogP contribution in [0, 0.1) is 0 Å². The molecular weight excluding hydrogens is 212 g/mol. The minimum absolute atomic E-state index is 0.150. The van der Waals surface area contributed by atoms with Gasteiger partial charge in [0.1, 0.15) is 23.7 Å². The molecule has 1 heterocycles. The number of hydrogen-bond acceptors (Lipinski definition) is 5. The number of aliphatic hydroxyl groups excluding tert-OH is 1. The van der Waals surface area contributed by atoms with E-state index in [1.54, 1.807) is 6.07 Å². The Labute approximate surface area is 92.5 Å². The van der Waals surface area contributed by atoms with Gasteiger partial charge < -0.3 is 19.3 Å². The van der Waals surface area contributed by atoms with Gasteiger partial charge in [-0.3, -0.25) is 0 Å². The number of esters is 1. The Balaban J connectivity index is 2.69. The van der Waals surface area contributed by atoms with E-state index in [4.69, 9.17) is 14.2 Å². The second kappa shape index (κ2) is 4.02. The van der Waals surface area contributed by atoms with E-state index >= 15 is 0 Å². The van der Waals surface area contributed by atoms with Gasteiger partial charge in [0.15, 0.2) is 0 Å². The van der Waals surface area contributed by atoms with Crippen LogP contribution >= 0.6 is 0 Å². The molecule has 0 atom stereocenters. The predicted octanol–water partition coefficient (Wildman–Crippen LogP) is 0.867. The van der Waals surface area contributed by atoms with Crippen molar-refractivity contribution in [1.82, 2.24) is 0 Å². The molecule has 2 rings (SSSR count). The molecule has 0 aliphatic carbocycles. The molecule has 0 saturated carbocycles. The lowest BCUT2D eigenvalue weighted by Crippen LogP contribution is -2.03. The average Bonchev–Trinajstić information content (AvgIpc) is 2.69. The molecule has 5 heteroatoms. The minimum atomic E-state index is -0.427. The van der Waals surface area contributed by atoms with Crippen LogP contribution in [0.1, 0.15) is 21.5 Å². The first-order chi connectivity index (χ1) is 7.72. The van der Waals surface area contributed by atoms with Crippen molar-refractivity contribution in [2.75, 3.05) is 14.2 Å². The molecule has 16 heavy (non-hydrogen) atoms. The molecule has 1 aliphatic rings. The van der Waals surface area contributed by atoms with E-state index in [0.717, 1.165) is 0 Å². The fourth-order valence-corrected chi connectivity index (χ4v) is 1.84. The summed E-state index contributed by atoms with van der Waals surface area (Å²) in [6.07, 6.45) is 0. The zero-order valence-electron chi connectivity index (χ0n) is 9.07. The highest BCUT2D eigenvalue weighted by molar-refractivity contribution is 5.97. The number of aliphatic hydroxyl groups is 1. The smallest absolute Gasteiger partial charge is 0.342 e. The monoisotopic (exact) mass is 224 g/mol. The van der Waals surface area contributed by atoms with E-state index in [1.165, 1.54) is 14.2 Å². The summed E-state index contributed by atoms with van der Waals surface area (Å²) in [6, 6.07) is 1.58. The van der Waals surface area contributed by atoms with Crippen molar-refractivity contribution in [1.29, 1.82) is 0 Å². The molecule has 1 aromatic rings. The van der Waals surface area contributed by atoms with Crippen LogP contribution in [0.4, 0.5) is 0 Å². The van der Waals surface area contributed by atoms with Crippen molar-refractivity contribution >= 4 is 5.97 Å². The third-order valence-corrected chi connectivity index (χ3v) is 2.62. The fraction of sp³-hybridized carbons (Fsp3) is 0.364. The molecule has 1 N–H and O–H groups in total. The zero-order chi connectivity index (χ0) is 11.7. The Kier molecular flexibility index (Phi) is 2.70. The number of ether oxygens (including phenoxy) is 3. The first-order valence-corrected chi connectivity index (χ1v) is 4.77. The number of carbonyl (C=O) groups excluding carboxylic acids is 1. The number of methoxy groups -OCH3 is 2. The normalized spacial score (nSPS) is 13.3. The van der Waals surface area contributed by atoms with Crippen molar-refractivity contribution in [3.8, 4) is 11.5 Å². The largest absolute Gasteiger partial charge is 0.496 e. The van der Waals surface area contributed by atoms with E-state index in [9.17, 15) is 9.90 Å². The quantitative estimate of drug-likeness (QED) is 0.771. The number of benzene rings is 1. The molecule has 0 saturated heterocycles. The Morgan fingerprint density at radius 2 is 2.06 bits per heavy atom. The summed E-state index contributed by atoms with van der Waals surface area (Å²) in [5.41, 5.74) is 1.60. The standard InChI is InChI=1S/C11H12O5/c1-14-8-3-9(15-2)10-7(6(8)4-12)5-16-11(10)13/h3,12H,4-5H2,1-2H3. The van der Waals surface area contributed by atoms with Gasteiger partial charge in [0.05, 0.1) is 20.8 Å². The first kappa shape index (κ1) is 10.8. The Morgan fingerprint density at radius 3 is 2.62 bits per heavy atom. The Morgan fingerprint density at radius 1 is 1.38 bits per heavy atom. The summed E-state index contributed by atoms with van der Waals surface area (Å²) in [5.74, 6) is 0.479. The summed E-state index contributed by atoms with van der Waals surface area (Å²) >= 11 is 0. The van der Waals surface area contributed by atoms with Gasteiger partial charge in [-0.2, -0.15) is 0 Å². The lowest BCUT2D eigenvalue weighted by atomic mass is 10.0. The van der Waals surface area contributed by atoms with Crippen LogP contribution < -0.4 is 9.47 Å². The van der Waals surface area contributed by atoms with E-state index in [-0.39, 0.29) is 13.2 Å². The fourth-order valence-electron chi connectivity index (χ4n) is 1.84. The summed E-state index contributed by atoms with van der Waals surface area (Å²) in [4.78, 5) is 11.5. The number of hydrogen-bond donors (Lipinski definition) is 1. The molecule has 0 fully saturated rings. The molecule has 0 radical (unpaired) electrons. The number of cyclic esters (lactones) is 1. The molecule has 0 unspecified atom stereocenters. The second-order valence-electron chi connectivity index (χ2n) is 3.35. The molecule has 5 nitrogen and oxygen atoms in total. The third kappa shape index (κ3) is 1.40. The van der Waals surface area contributed by atoms with Gasteiger partial charge in [-0.05, 0) is 0 Å². The molecule has 86 valence electrons. The van der Waals surface area contributed by atoms with Crippen LogP contribution in [0.3, 0.4) is 0 Å². The molecule has 1 aromatic carbocycles. The highest BCUT2D eigenvalue weighted by atomic mass is 16.5. The lowest BCUT2D eigenvalue weighted by molar-refractivity contribution is 0.0532.